The Kier molecular flexibility index (Phi) is 4.26. The highest BCUT2D eigenvalue weighted by atomic mass is 19.4. The van der Waals surface area contributed by atoms with Gasteiger partial charge in [-0.25, -0.2) is 4.98 Å². The molecule has 0 aliphatic rings. The highest BCUT2D eigenvalue weighted by Gasteiger charge is 2.36. The van der Waals surface area contributed by atoms with Gasteiger partial charge in [-0.1, -0.05) is 39.0 Å². The average Bonchev–Trinajstić information content (AvgIpc) is 2.54. The fourth-order valence-electron chi connectivity index (χ4n) is 2.49. The number of halogens is 3. The van der Waals surface area contributed by atoms with E-state index in [0.717, 1.165) is 6.07 Å². The minimum absolute atomic E-state index is 0.418. The van der Waals surface area contributed by atoms with Crippen LogP contribution in [0.2, 0.25) is 0 Å². The van der Waals surface area contributed by atoms with Gasteiger partial charge in [0, 0.05) is 0 Å². The Bertz CT molecular complexity index is 1020. The van der Waals surface area contributed by atoms with Crippen molar-refractivity contribution in [3.05, 3.63) is 63.9 Å². The minimum atomic E-state index is -4.62. The number of hydrogen-bond acceptors (Lipinski definition) is 3. The standard InChI is InChI=1S/C19H17F3N2O2/c1-18(2,3)11-8-9-15(12(10-11)19(20,21)22)26-17-16(25)23-13-6-4-5-7-14(13)24-17/h4-10H,1-3H3,(H,23,25). The van der Waals surface area contributed by atoms with Gasteiger partial charge in [-0.15, -0.1) is 0 Å². The van der Waals surface area contributed by atoms with E-state index in [-0.39, 0.29) is 0 Å². The maximum atomic E-state index is 13.5. The molecule has 0 aliphatic carbocycles. The Labute approximate surface area is 147 Å². The summed E-state index contributed by atoms with van der Waals surface area (Å²) in [6, 6.07) is 10.5. The lowest BCUT2D eigenvalue weighted by molar-refractivity contribution is -0.138. The molecule has 1 aromatic heterocycles. The Morgan fingerprint density at radius 3 is 2.38 bits per heavy atom. The first-order chi connectivity index (χ1) is 12.1. The number of hydrogen-bond donors (Lipinski definition) is 1. The Hall–Kier alpha value is -2.83. The molecule has 0 spiro atoms. The summed E-state index contributed by atoms with van der Waals surface area (Å²) < 4.78 is 45.7. The van der Waals surface area contributed by atoms with E-state index in [4.69, 9.17) is 4.74 Å². The van der Waals surface area contributed by atoms with Crippen molar-refractivity contribution >= 4 is 11.0 Å². The number of ether oxygens (including phenoxy) is 1. The molecular formula is C19H17F3N2O2. The van der Waals surface area contributed by atoms with E-state index in [0.29, 0.717) is 16.6 Å². The SMILES string of the molecule is CC(C)(C)c1ccc(Oc2nc3ccccc3[nH]c2=O)c(C(F)(F)F)c1. The third-order valence-corrected chi connectivity index (χ3v) is 3.93. The molecule has 26 heavy (non-hydrogen) atoms. The smallest absolute Gasteiger partial charge is 0.419 e. The van der Waals surface area contributed by atoms with Gasteiger partial charge < -0.3 is 9.72 Å². The number of nitrogens with zero attached hydrogens (tertiary/aromatic N) is 1. The van der Waals surface area contributed by atoms with Crippen LogP contribution in [-0.2, 0) is 11.6 Å². The normalized spacial score (nSPS) is 12.4. The van der Waals surface area contributed by atoms with Gasteiger partial charge in [0.1, 0.15) is 5.75 Å². The predicted octanol–water partition coefficient (Wildman–Crippen LogP) is 5.03. The fraction of sp³-hybridized carbons (Fsp3) is 0.263. The molecule has 0 atom stereocenters. The Morgan fingerprint density at radius 2 is 1.73 bits per heavy atom. The van der Waals surface area contributed by atoms with Crippen molar-refractivity contribution in [2.45, 2.75) is 32.4 Å². The molecular weight excluding hydrogens is 345 g/mol. The van der Waals surface area contributed by atoms with E-state index in [2.05, 4.69) is 9.97 Å². The van der Waals surface area contributed by atoms with Gasteiger partial charge in [-0.3, -0.25) is 4.79 Å². The van der Waals surface area contributed by atoms with Crippen molar-refractivity contribution in [3.63, 3.8) is 0 Å². The van der Waals surface area contributed by atoms with Crippen molar-refractivity contribution in [1.82, 2.24) is 9.97 Å². The minimum Gasteiger partial charge on any atom is -0.434 e. The van der Waals surface area contributed by atoms with Crippen molar-refractivity contribution in [2.75, 3.05) is 0 Å². The molecule has 3 rings (SSSR count). The maximum Gasteiger partial charge on any atom is 0.419 e. The van der Waals surface area contributed by atoms with Crippen LogP contribution in [0.15, 0.2) is 47.3 Å². The van der Waals surface area contributed by atoms with E-state index in [1.807, 2.05) is 20.8 Å². The maximum absolute atomic E-state index is 13.5. The lowest BCUT2D eigenvalue weighted by Crippen LogP contribution is -2.16. The molecule has 0 amide bonds. The number of alkyl halides is 3. The number of para-hydroxylation sites is 2. The summed E-state index contributed by atoms with van der Waals surface area (Å²) in [6.45, 7) is 5.45. The second-order valence-corrected chi connectivity index (χ2v) is 6.95. The molecule has 4 nitrogen and oxygen atoms in total. The summed E-state index contributed by atoms with van der Waals surface area (Å²) in [6.07, 6.45) is -4.62. The molecule has 2 aromatic carbocycles. The Morgan fingerprint density at radius 1 is 1.04 bits per heavy atom. The van der Waals surface area contributed by atoms with Crippen LogP contribution in [0.5, 0.6) is 11.6 Å². The van der Waals surface area contributed by atoms with Crippen LogP contribution in [0.3, 0.4) is 0 Å². The number of aromatic nitrogens is 2. The van der Waals surface area contributed by atoms with E-state index < -0.39 is 34.3 Å². The van der Waals surface area contributed by atoms with Crippen molar-refractivity contribution in [3.8, 4) is 11.6 Å². The number of benzene rings is 2. The summed E-state index contributed by atoms with van der Waals surface area (Å²) in [7, 11) is 0. The average molecular weight is 362 g/mol. The monoisotopic (exact) mass is 362 g/mol. The second-order valence-electron chi connectivity index (χ2n) is 6.95. The van der Waals surface area contributed by atoms with Crippen molar-refractivity contribution in [1.29, 1.82) is 0 Å². The molecule has 136 valence electrons. The molecule has 0 aliphatic heterocycles. The second kappa shape index (κ2) is 6.16. The molecule has 0 saturated heterocycles. The van der Waals surface area contributed by atoms with Crippen molar-refractivity contribution < 1.29 is 17.9 Å². The van der Waals surface area contributed by atoms with E-state index in [1.165, 1.54) is 6.07 Å². The molecule has 1 heterocycles. The highest BCUT2D eigenvalue weighted by molar-refractivity contribution is 5.74. The lowest BCUT2D eigenvalue weighted by atomic mass is 9.86. The van der Waals surface area contributed by atoms with Crippen LogP contribution in [0.25, 0.3) is 11.0 Å². The van der Waals surface area contributed by atoms with Crippen molar-refractivity contribution in [2.24, 2.45) is 0 Å². The number of nitrogens with one attached hydrogen (secondary N) is 1. The van der Waals surface area contributed by atoms with Gasteiger partial charge in [0.25, 0.3) is 5.88 Å². The summed E-state index contributed by atoms with van der Waals surface area (Å²) >= 11 is 0. The van der Waals surface area contributed by atoms with Gasteiger partial charge in [-0.05, 0) is 35.2 Å². The zero-order chi connectivity index (χ0) is 19.1. The molecule has 0 radical (unpaired) electrons. The number of H-pyrrole nitrogens is 1. The molecule has 0 saturated carbocycles. The van der Waals surface area contributed by atoms with Gasteiger partial charge in [0.15, 0.2) is 0 Å². The van der Waals surface area contributed by atoms with Crippen LogP contribution in [0.4, 0.5) is 13.2 Å². The van der Waals surface area contributed by atoms with Gasteiger partial charge in [0.05, 0.1) is 16.6 Å². The summed E-state index contributed by atoms with van der Waals surface area (Å²) in [5.41, 5.74) is -0.698. The van der Waals surface area contributed by atoms with Crippen LogP contribution in [0, 0.1) is 0 Å². The predicted molar refractivity (Wildman–Crippen MR) is 92.6 cm³/mol. The largest absolute Gasteiger partial charge is 0.434 e. The molecule has 3 aromatic rings. The first-order valence-electron chi connectivity index (χ1n) is 7.94. The van der Waals surface area contributed by atoms with E-state index >= 15 is 0 Å². The number of aromatic amines is 1. The van der Waals surface area contributed by atoms with Gasteiger partial charge in [0.2, 0.25) is 0 Å². The number of fused-ring (bicyclic) bond motifs is 1. The first kappa shape index (κ1) is 18.0. The Balaban J connectivity index is 2.10. The molecule has 1 N–H and O–H groups in total. The summed E-state index contributed by atoms with van der Waals surface area (Å²) in [5.74, 6) is -0.892. The third-order valence-electron chi connectivity index (χ3n) is 3.93. The summed E-state index contributed by atoms with van der Waals surface area (Å²) in [4.78, 5) is 18.7. The van der Waals surface area contributed by atoms with Crippen LogP contribution in [0.1, 0.15) is 31.9 Å². The molecule has 0 unspecified atom stereocenters. The van der Waals surface area contributed by atoms with Crippen LogP contribution in [-0.4, -0.2) is 9.97 Å². The molecule has 7 heteroatoms. The van der Waals surface area contributed by atoms with Crippen LogP contribution >= 0.6 is 0 Å². The zero-order valence-electron chi connectivity index (χ0n) is 14.4. The highest BCUT2D eigenvalue weighted by Crippen LogP contribution is 2.40. The first-order valence-corrected chi connectivity index (χ1v) is 7.94. The van der Waals surface area contributed by atoms with E-state index in [1.54, 1.807) is 30.3 Å². The van der Waals surface area contributed by atoms with E-state index in [9.17, 15) is 18.0 Å². The lowest BCUT2D eigenvalue weighted by Gasteiger charge is -2.22. The zero-order valence-corrected chi connectivity index (χ0v) is 14.4. The molecule has 0 fully saturated rings. The van der Waals surface area contributed by atoms with Gasteiger partial charge >= 0.3 is 11.7 Å². The van der Waals surface area contributed by atoms with Crippen LogP contribution < -0.4 is 10.3 Å². The quantitative estimate of drug-likeness (QED) is 0.695. The fourth-order valence-corrected chi connectivity index (χ4v) is 2.49. The molecule has 0 bridgehead atoms. The number of rotatable bonds is 2. The topological polar surface area (TPSA) is 55.0 Å². The third kappa shape index (κ3) is 3.56. The van der Waals surface area contributed by atoms with Gasteiger partial charge in [-0.2, -0.15) is 13.2 Å². The summed E-state index contributed by atoms with van der Waals surface area (Å²) in [5, 5.41) is 0.